The molecule has 0 saturated carbocycles. The Labute approximate surface area is 111 Å². The molecule has 0 aliphatic rings. The lowest BCUT2D eigenvalue weighted by molar-refractivity contribution is 0.342. The van der Waals surface area contributed by atoms with Gasteiger partial charge in [0, 0.05) is 11.1 Å². The molecule has 0 radical (unpaired) electrons. The third-order valence-electron chi connectivity index (χ3n) is 2.47. The van der Waals surface area contributed by atoms with Crippen molar-refractivity contribution in [1.29, 1.82) is 0 Å². The first-order valence-electron chi connectivity index (χ1n) is 5.87. The second-order valence-electron chi connectivity index (χ2n) is 3.87. The number of aromatic nitrogens is 1. The molecule has 0 saturated heterocycles. The first-order valence-corrected chi connectivity index (χ1v) is 6.68. The zero-order chi connectivity index (χ0) is 13.0. The second-order valence-corrected chi connectivity index (χ2v) is 5.19. The number of hydrogen-bond acceptors (Lipinski definition) is 5. The fraction of sp³-hybridized carbons (Fsp3) is 0.308. The average molecular weight is 263 g/mol. The maximum absolute atomic E-state index is 6.03. The summed E-state index contributed by atoms with van der Waals surface area (Å²) in [5.74, 6) is 0.720. The average Bonchev–Trinajstić information content (AvgIpc) is 2.77. The molecule has 0 aliphatic heterocycles. The van der Waals surface area contributed by atoms with Crippen LogP contribution in [0, 0.1) is 6.92 Å². The number of thiazole rings is 1. The molecule has 0 bridgehead atoms. The lowest BCUT2D eigenvalue weighted by Crippen LogP contribution is -2.04. The van der Waals surface area contributed by atoms with Crippen LogP contribution in [0.15, 0.2) is 24.4 Å². The quantitative estimate of drug-likeness (QED) is 0.814. The summed E-state index contributed by atoms with van der Waals surface area (Å²) < 4.78 is 5.46. The molecule has 2 aromatic rings. The molecule has 0 amide bonds. The fourth-order valence-corrected chi connectivity index (χ4v) is 2.36. The summed E-state index contributed by atoms with van der Waals surface area (Å²) in [6, 6.07) is 5.74. The first kappa shape index (κ1) is 12.7. The molecule has 0 unspecified atom stereocenters. The SMILES string of the molecule is CCOc1cccc(NCc2ncc(C)s2)c1N. The highest BCUT2D eigenvalue weighted by atomic mass is 32.1. The Bertz CT molecular complexity index is 525. The summed E-state index contributed by atoms with van der Waals surface area (Å²) >= 11 is 1.68. The smallest absolute Gasteiger partial charge is 0.144 e. The van der Waals surface area contributed by atoms with E-state index in [9.17, 15) is 0 Å². The normalized spacial score (nSPS) is 10.3. The molecule has 0 spiro atoms. The Balaban J connectivity index is 2.07. The Kier molecular flexibility index (Phi) is 4.04. The highest BCUT2D eigenvalue weighted by Crippen LogP contribution is 2.29. The standard InChI is InChI=1S/C13H17N3OS/c1-3-17-11-6-4-5-10(13(11)14)15-8-12-16-7-9(2)18-12/h4-7,15H,3,8,14H2,1-2H3. The summed E-state index contributed by atoms with van der Waals surface area (Å²) in [4.78, 5) is 5.51. The summed E-state index contributed by atoms with van der Waals surface area (Å²) in [5, 5.41) is 4.33. The number of anilines is 2. The molecule has 96 valence electrons. The fourth-order valence-electron chi connectivity index (χ4n) is 1.63. The minimum Gasteiger partial charge on any atom is -0.492 e. The van der Waals surface area contributed by atoms with Crippen molar-refractivity contribution >= 4 is 22.7 Å². The van der Waals surface area contributed by atoms with Gasteiger partial charge < -0.3 is 15.8 Å². The van der Waals surface area contributed by atoms with Crippen LogP contribution in [0.2, 0.25) is 0 Å². The number of para-hydroxylation sites is 1. The highest BCUT2D eigenvalue weighted by Gasteiger charge is 2.06. The number of nitrogens with one attached hydrogen (secondary N) is 1. The van der Waals surface area contributed by atoms with E-state index in [1.54, 1.807) is 11.3 Å². The first-order chi connectivity index (χ1) is 8.70. The lowest BCUT2D eigenvalue weighted by Gasteiger charge is -2.12. The van der Waals surface area contributed by atoms with Crippen molar-refractivity contribution in [2.75, 3.05) is 17.7 Å². The maximum atomic E-state index is 6.03. The van der Waals surface area contributed by atoms with Gasteiger partial charge >= 0.3 is 0 Å². The van der Waals surface area contributed by atoms with Gasteiger partial charge in [-0.1, -0.05) is 6.07 Å². The van der Waals surface area contributed by atoms with Crippen LogP contribution in [0.1, 0.15) is 16.8 Å². The van der Waals surface area contributed by atoms with Gasteiger partial charge in [-0.15, -0.1) is 11.3 Å². The van der Waals surface area contributed by atoms with Gasteiger partial charge in [0.15, 0.2) is 0 Å². The summed E-state index contributed by atoms with van der Waals surface area (Å²) in [6.45, 7) is 5.28. The third-order valence-corrected chi connectivity index (χ3v) is 3.38. The molecule has 1 aromatic carbocycles. The largest absolute Gasteiger partial charge is 0.492 e. The van der Waals surface area contributed by atoms with Crippen LogP contribution in [-0.4, -0.2) is 11.6 Å². The van der Waals surface area contributed by atoms with E-state index in [1.807, 2.05) is 38.2 Å². The highest BCUT2D eigenvalue weighted by molar-refractivity contribution is 7.11. The molecule has 5 heteroatoms. The second kappa shape index (κ2) is 5.73. The zero-order valence-electron chi connectivity index (χ0n) is 10.6. The van der Waals surface area contributed by atoms with E-state index >= 15 is 0 Å². The molecule has 0 fully saturated rings. The molecule has 0 atom stereocenters. The van der Waals surface area contributed by atoms with Crippen molar-refractivity contribution in [2.45, 2.75) is 20.4 Å². The molecule has 2 rings (SSSR count). The van der Waals surface area contributed by atoms with E-state index in [0.29, 0.717) is 18.8 Å². The van der Waals surface area contributed by atoms with Crippen LogP contribution in [0.5, 0.6) is 5.75 Å². The molecule has 0 aliphatic carbocycles. The van der Waals surface area contributed by atoms with E-state index in [0.717, 1.165) is 16.4 Å². The molecular formula is C13H17N3OS. The van der Waals surface area contributed by atoms with E-state index in [4.69, 9.17) is 10.5 Å². The van der Waals surface area contributed by atoms with Gasteiger partial charge in [0.05, 0.1) is 24.5 Å². The van der Waals surface area contributed by atoms with Gasteiger partial charge in [0.1, 0.15) is 10.8 Å². The third kappa shape index (κ3) is 2.92. The number of ether oxygens (including phenoxy) is 1. The summed E-state index contributed by atoms with van der Waals surface area (Å²) in [5.41, 5.74) is 7.56. The number of nitrogens with two attached hydrogens (primary N) is 1. The molecule has 3 N–H and O–H groups in total. The van der Waals surface area contributed by atoms with Crippen LogP contribution in [0.4, 0.5) is 11.4 Å². The van der Waals surface area contributed by atoms with E-state index in [-0.39, 0.29) is 0 Å². The summed E-state index contributed by atoms with van der Waals surface area (Å²) in [6.07, 6.45) is 1.88. The number of rotatable bonds is 5. The van der Waals surface area contributed by atoms with E-state index in [1.165, 1.54) is 4.88 Å². The van der Waals surface area contributed by atoms with Gasteiger partial charge in [-0.25, -0.2) is 4.98 Å². The molecule has 4 nitrogen and oxygen atoms in total. The number of aryl methyl sites for hydroxylation is 1. The number of benzene rings is 1. The molecule has 1 aromatic heterocycles. The van der Waals surface area contributed by atoms with Crippen LogP contribution in [0.25, 0.3) is 0 Å². The monoisotopic (exact) mass is 263 g/mol. The number of nitrogens with zero attached hydrogens (tertiary/aromatic N) is 1. The van der Waals surface area contributed by atoms with Crippen molar-refractivity contribution in [3.05, 3.63) is 34.3 Å². The van der Waals surface area contributed by atoms with Crippen molar-refractivity contribution in [1.82, 2.24) is 4.98 Å². The predicted octanol–water partition coefficient (Wildman–Crippen LogP) is 3.04. The minimum atomic E-state index is 0.610. The Morgan fingerprint density at radius 1 is 1.44 bits per heavy atom. The van der Waals surface area contributed by atoms with Crippen molar-refractivity contribution in [2.24, 2.45) is 0 Å². The van der Waals surface area contributed by atoms with Crippen LogP contribution in [-0.2, 0) is 6.54 Å². The van der Waals surface area contributed by atoms with Crippen LogP contribution in [0.3, 0.4) is 0 Å². The Hall–Kier alpha value is -1.75. The Morgan fingerprint density at radius 3 is 2.94 bits per heavy atom. The minimum absolute atomic E-state index is 0.610. The molecular weight excluding hydrogens is 246 g/mol. The van der Waals surface area contributed by atoms with Gasteiger partial charge in [0.2, 0.25) is 0 Å². The van der Waals surface area contributed by atoms with Gasteiger partial charge in [-0.2, -0.15) is 0 Å². The molecule has 18 heavy (non-hydrogen) atoms. The maximum Gasteiger partial charge on any atom is 0.144 e. The van der Waals surface area contributed by atoms with Gasteiger partial charge in [0.25, 0.3) is 0 Å². The molecule has 1 heterocycles. The zero-order valence-corrected chi connectivity index (χ0v) is 11.4. The van der Waals surface area contributed by atoms with Crippen molar-refractivity contribution in [3.8, 4) is 5.75 Å². The van der Waals surface area contributed by atoms with Crippen molar-refractivity contribution < 1.29 is 4.74 Å². The van der Waals surface area contributed by atoms with Gasteiger partial charge in [-0.05, 0) is 26.0 Å². The summed E-state index contributed by atoms with van der Waals surface area (Å²) in [7, 11) is 0. The topological polar surface area (TPSA) is 60.2 Å². The van der Waals surface area contributed by atoms with Crippen LogP contribution >= 0.6 is 11.3 Å². The van der Waals surface area contributed by atoms with Crippen molar-refractivity contribution in [3.63, 3.8) is 0 Å². The van der Waals surface area contributed by atoms with Crippen LogP contribution < -0.4 is 15.8 Å². The van der Waals surface area contributed by atoms with E-state index in [2.05, 4.69) is 10.3 Å². The van der Waals surface area contributed by atoms with Gasteiger partial charge in [-0.3, -0.25) is 0 Å². The lowest BCUT2D eigenvalue weighted by atomic mass is 10.2. The predicted molar refractivity (Wildman–Crippen MR) is 76.2 cm³/mol. The number of hydrogen-bond donors (Lipinski definition) is 2. The Morgan fingerprint density at radius 2 is 2.28 bits per heavy atom. The number of nitrogen functional groups attached to an aromatic ring is 1. The van der Waals surface area contributed by atoms with E-state index < -0.39 is 0 Å².